The average molecular weight is 289 g/mol. The molecule has 0 radical (unpaired) electrons. The zero-order chi connectivity index (χ0) is 14.6. The molecule has 0 spiro atoms. The highest BCUT2D eigenvalue weighted by molar-refractivity contribution is 6.31. The van der Waals surface area contributed by atoms with Crippen molar-refractivity contribution in [2.24, 2.45) is 0 Å². The van der Waals surface area contributed by atoms with Gasteiger partial charge in [0.05, 0.1) is 29.5 Å². The summed E-state index contributed by atoms with van der Waals surface area (Å²) in [5, 5.41) is 17.9. The van der Waals surface area contributed by atoms with Gasteiger partial charge in [-0.3, -0.25) is 10.00 Å². The number of aromatic nitrogens is 2. The quantitative estimate of drug-likeness (QED) is 0.920. The van der Waals surface area contributed by atoms with Gasteiger partial charge >= 0.3 is 0 Å². The minimum Gasteiger partial charge on any atom is -0.294 e. The fourth-order valence-electron chi connectivity index (χ4n) is 2.22. The van der Waals surface area contributed by atoms with Crippen LogP contribution in [-0.2, 0) is 12.1 Å². The molecule has 0 saturated carbocycles. The van der Waals surface area contributed by atoms with Gasteiger partial charge < -0.3 is 0 Å². The minimum absolute atomic E-state index is 0.417. The van der Waals surface area contributed by atoms with E-state index in [1.54, 1.807) is 10.9 Å². The Hall–Kier alpha value is -1.83. The van der Waals surface area contributed by atoms with Crippen LogP contribution >= 0.6 is 11.6 Å². The third-order valence-corrected chi connectivity index (χ3v) is 3.74. The van der Waals surface area contributed by atoms with Crippen LogP contribution in [0.1, 0.15) is 18.2 Å². The van der Waals surface area contributed by atoms with Gasteiger partial charge in [-0.1, -0.05) is 48.9 Å². The van der Waals surface area contributed by atoms with Crippen LogP contribution < -0.4 is 5.32 Å². The van der Waals surface area contributed by atoms with Crippen molar-refractivity contribution >= 4 is 11.6 Å². The lowest BCUT2D eigenvalue weighted by molar-refractivity contribution is 0.355. The molecule has 5 heteroatoms. The number of nitrogens with zero attached hydrogens (tertiary/aromatic N) is 3. The molecular formula is C15H17ClN4. The van der Waals surface area contributed by atoms with E-state index in [1.807, 2.05) is 44.2 Å². The van der Waals surface area contributed by atoms with Crippen LogP contribution in [0, 0.1) is 18.3 Å². The molecule has 4 nitrogen and oxygen atoms in total. The lowest BCUT2D eigenvalue weighted by Crippen LogP contribution is -2.45. The summed E-state index contributed by atoms with van der Waals surface area (Å²) in [4.78, 5) is 0. The number of likely N-dealkylation sites (N-methyl/N-ethyl adjacent to an activating group) is 1. The number of nitrogens with one attached hydrogen (secondary N) is 1. The molecule has 20 heavy (non-hydrogen) atoms. The summed E-state index contributed by atoms with van der Waals surface area (Å²) in [6.45, 7) is 4.99. The van der Waals surface area contributed by atoms with Crippen LogP contribution in [-0.4, -0.2) is 16.3 Å². The SMILES string of the molecule is CCNC(C#N)(Cn1ncc(Cl)c1C)c1ccccc1. The molecule has 1 heterocycles. The number of hydrogen-bond acceptors (Lipinski definition) is 3. The third kappa shape index (κ3) is 2.69. The van der Waals surface area contributed by atoms with Crippen molar-refractivity contribution in [3.63, 3.8) is 0 Å². The number of rotatable bonds is 5. The molecule has 1 aromatic carbocycles. The lowest BCUT2D eigenvalue weighted by Gasteiger charge is -2.28. The van der Waals surface area contributed by atoms with Gasteiger partial charge in [0, 0.05) is 0 Å². The monoisotopic (exact) mass is 288 g/mol. The van der Waals surface area contributed by atoms with E-state index >= 15 is 0 Å². The zero-order valence-electron chi connectivity index (χ0n) is 11.6. The van der Waals surface area contributed by atoms with E-state index in [0.717, 1.165) is 11.3 Å². The third-order valence-electron chi connectivity index (χ3n) is 3.37. The second-order valence-electron chi connectivity index (χ2n) is 4.65. The Morgan fingerprint density at radius 3 is 2.60 bits per heavy atom. The van der Waals surface area contributed by atoms with Gasteiger partial charge in [0.1, 0.15) is 0 Å². The van der Waals surface area contributed by atoms with Crippen molar-refractivity contribution in [3.05, 3.63) is 52.8 Å². The lowest BCUT2D eigenvalue weighted by atomic mass is 9.91. The van der Waals surface area contributed by atoms with Crippen LogP contribution in [0.4, 0.5) is 0 Å². The minimum atomic E-state index is -0.809. The smallest absolute Gasteiger partial charge is 0.152 e. The fraction of sp³-hybridized carbons (Fsp3) is 0.333. The maximum atomic E-state index is 9.73. The molecule has 0 aliphatic carbocycles. The van der Waals surface area contributed by atoms with E-state index in [2.05, 4.69) is 16.5 Å². The van der Waals surface area contributed by atoms with E-state index < -0.39 is 5.54 Å². The highest BCUT2D eigenvalue weighted by Crippen LogP contribution is 2.24. The van der Waals surface area contributed by atoms with E-state index in [4.69, 9.17) is 11.6 Å². The van der Waals surface area contributed by atoms with Crippen LogP contribution in [0.5, 0.6) is 0 Å². The van der Waals surface area contributed by atoms with Crippen molar-refractivity contribution in [1.29, 1.82) is 5.26 Å². The number of nitriles is 1. The van der Waals surface area contributed by atoms with Gasteiger partial charge in [0.25, 0.3) is 0 Å². The molecule has 1 N–H and O–H groups in total. The predicted octanol–water partition coefficient (Wildman–Crippen LogP) is 2.87. The van der Waals surface area contributed by atoms with Gasteiger partial charge in [0.15, 0.2) is 5.54 Å². The van der Waals surface area contributed by atoms with Crippen molar-refractivity contribution in [2.45, 2.75) is 25.9 Å². The Kier molecular flexibility index (Phi) is 4.43. The molecule has 0 fully saturated rings. The zero-order valence-corrected chi connectivity index (χ0v) is 12.4. The largest absolute Gasteiger partial charge is 0.294 e. The van der Waals surface area contributed by atoms with Gasteiger partial charge in [-0.25, -0.2) is 0 Å². The molecule has 0 saturated heterocycles. The standard InChI is InChI=1S/C15H17ClN4/c1-3-18-15(10-17,13-7-5-4-6-8-13)11-20-12(2)14(16)9-19-20/h4-9,18H,3,11H2,1-2H3. The first-order chi connectivity index (χ1) is 9.63. The van der Waals surface area contributed by atoms with Gasteiger partial charge in [0.2, 0.25) is 0 Å². The summed E-state index contributed by atoms with van der Waals surface area (Å²) < 4.78 is 1.77. The molecule has 104 valence electrons. The maximum Gasteiger partial charge on any atom is 0.152 e. The molecule has 2 aromatic rings. The first-order valence-corrected chi connectivity index (χ1v) is 6.90. The molecule has 0 aliphatic rings. The Labute approximate surface area is 124 Å². The summed E-state index contributed by atoms with van der Waals surface area (Å²) in [5.74, 6) is 0. The van der Waals surface area contributed by atoms with Crippen molar-refractivity contribution in [1.82, 2.24) is 15.1 Å². The molecule has 0 bridgehead atoms. The summed E-state index contributed by atoms with van der Waals surface area (Å²) in [6, 6.07) is 12.1. The van der Waals surface area contributed by atoms with Crippen molar-refractivity contribution in [3.8, 4) is 6.07 Å². The maximum absolute atomic E-state index is 9.73. The number of hydrogen-bond donors (Lipinski definition) is 1. The Morgan fingerprint density at radius 1 is 1.40 bits per heavy atom. The molecule has 1 atom stereocenters. The van der Waals surface area contributed by atoms with Gasteiger partial charge in [-0.2, -0.15) is 10.4 Å². The second-order valence-corrected chi connectivity index (χ2v) is 5.06. The van der Waals surface area contributed by atoms with E-state index in [9.17, 15) is 5.26 Å². The molecule has 1 unspecified atom stereocenters. The normalized spacial score (nSPS) is 13.7. The molecule has 0 amide bonds. The van der Waals surface area contributed by atoms with Crippen LogP contribution in [0.2, 0.25) is 5.02 Å². The van der Waals surface area contributed by atoms with E-state index in [-0.39, 0.29) is 0 Å². The van der Waals surface area contributed by atoms with Gasteiger partial charge in [-0.05, 0) is 19.0 Å². The molecular weight excluding hydrogens is 272 g/mol. The Bertz CT molecular complexity index is 615. The average Bonchev–Trinajstić information content (AvgIpc) is 2.79. The first-order valence-electron chi connectivity index (χ1n) is 6.52. The predicted molar refractivity (Wildman–Crippen MR) is 79.4 cm³/mol. The highest BCUT2D eigenvalue weighted by Gasteiger charge is 2.32. The second kappa shape index (κ2) is 6.08. The Balaban J connectivity index is 2.43. The Morgan fingerprint density at radius 2 is 2.10 bits per heavy atom. The van der Waals surface area contributed by atoms with E-state index in [0.29, 0.717) is 18.1 Å². The van der Waals surface area contributed by atoms with Gasteiger partial charge in [-0.15, -0.1) is 0 Å². The highest BCUT2D eigenvalue weighted by atomic mass is 35.5. The van der Waals surface area contributed by atoms with Crippen LogP contribution in [0.15, 0.2) is 36.5 Å². The molecule has 1 aromatic heterocycles. The van der Waals surface area contributed by atoms with Crippen molar-refractivity contribution in [2.75, 3.05) is 6.54 Å². The van der Waals surface area contributed by atoms with Crippen LogP contribution in [0.3, 0.4) is 0 Å². The summed E-state index contributed by atoms with van der Waals surface area (Å²) >= 11 is 6.04. The summed E-state index contributed by atoms with van der Waals surface area (Å²) in [6.07, 6.45) is 1.61. The summed E-state index contributed by atoms with van der Waals surface area (Å²) in [7, 11) is 0. The molecule has 0 aliphatic heterocycles. The summed E-state index contributed by atoms with van der Waals surface area (Å²) in [5.41, 5.74) is 0.978. The first kappa shape index (κ1) is 14.6. The fourth-order valence-corrected chi connectivity index (χ4v) is 2.36. The molecule has 2 rings (SSSR count). The number of benzene rings is 1. The van der Waals surface area contributed by atoms with Crippen molar-refractivity contribution < 1.29 is 0 Å². The van der Waals surface area contributed by atoms with Crippen LogP contribution in [0.25, 0.3) is 0 Å². The van der Waals surface area contributed by atoms with E-state index in [1.165, 1.54) is 0 Å². The number of halogens is 1. The topological polar surface area (TPSA) is 53.6 Å².